The minimum Gasteiger partial charge on any atom is -0.494 e. The van der Waals surface area contributed by atoms with Gasteiger partial charge in [0.25, 0.3) is 0 Å². The minimum atomic E-state index is -4.92. The Labute approximate surface area is 222 Å². The molecule has 5 N–H and O–H groups in total. The van der Waals surface area contributed by atoms with E-state index in [9.17, 15) is 26.3 Å². The first-order valence-electron chi connectivity index (χ1n) is 11.5. The smallest absolute Gasteiger partial charge is 0.416 e. The van der Waals surface area contributed by atoms with Crippen molar-refractivity contribution in [2.24, 2.45) is 5.73 Å². The Morgan fingerprint density at radius 1 is 0.757 bits per heavy atom. The predicted molar refractivity (Wildman–Crippen MR) is 141 cm³/mol. The Morgan fingerprint density at radius 3 is 1.95 bits per heavy atom. The molecule has 13 heteroatoms. The summed E-state index contributed by atoms with van der Waals surface area (Å²) in [7, 11) is 0. The standard InChI is InChI=1S/C24H28F6N4OS2/c25-23(26,27)16-12-17(24(28,29)30)14-19(13-16)34-22(37)32-10-5-3-1-2-4-6-11-35-20-9-7-8-18(15-20)33-21(31)36/h7-9,12-15H,1-6,10-11H2,(H3,31,33,36)(H2,32,34,37). The monoisotopic (exact) mass is 566 g/mol. The third kappa shape index (κ3) is 11.9. The Kier molecular flexibility index (Phi) is 11.7. The lowest BCUT2D eigenvalue weighted by atomic mass is 10.1. The maximum absolute atomic E-state index is 13.0. The van der Waals surface area contributed by atoms with Gasteiger partial charge >= 0.3 is 12.4 Å². The van der Waals surface area contributed by atoms with Crippen molar-refractivity contribution in [1.29, 1.82) is 0 Å². The van der Waals surface area contributed by atoms with Gasteiger partial charge in [0, 0.05) is 24.0 Å². The zero-order chi connectivity index (χ0) is 27.5. The molecule has 0 unspecified atom stereocenters. The largest absolute Gasteiger partial charge is 0.494 e. The Balaban J connectivity index is 1.61. The van der Waals surface area contributed by atoms with Gasteiger partial charge < -0.3 is 26.4 Å². The number of benzene rings is 2. The zero-order valence-electron chi connectivity index (χ0n) is 19.8. The fourth-order valence-corrected chi connectivity index (χ4v) is 3.67. The van der Waals surface area contributed by atoms with Crippen LogP contribution in [-0.4, -0.2) is 23.4 Å². The third-order valence-electron chi connectivity index (χ3n) is 5.07. The molecule has 5 nitrogen and oxygen atoms in total. The average molecular weight is 567 g/mol. The van der Waals surface area contributed by atoms with Crippen LogP contribution >= 0.6 is 24.4 Å². The molecule has 0 saturated carbocycles. The molecule has 0 aromatic heterocycles. The second-order valence-electron chi connectivity index (χ2n) is 8.16. The predicted octanol–water partition coefficient (Wildman–Crippen LogP) is 7.09. The number of anilines is 2. The van der Waals surface area contributed by atoms with Crippen molar-refractivity contribution in [2.45, 2.75) is 50.9 Å². The molecule has 2 aromatic rings. The lowest BCUT2D eigenvalue weighted by Gasteiger charge is -2.16. The topological polar surface area (TPSA) is 71.3 Å². The lowest BCUT2D eigenvalue weighted by molar-refractivity contribution is -0.143. The second-order valence-corrected chi connectivity index (χ2v) is 9.01. The molecule has 37 heavy (non-hydrogen) atoms. The van der Waals surface area contributed by atoms with E-state index < -0.39 is 23.5 Å². The summed E-state index contributed by atoms with van der Waals surface area (Å²) in [4.78, 5) is 0. The highest BCUT2D eigenvalue weighted by Gasteiger charge is 2.37. The molecule has 0 bridgehead atoms. The normalized spacial score (nSPS) is 11.6. The first kappa shape index (κ1) is 30.4. The molecule has 0 fully saturated rings. The van der Waals surface area contributed by atoms with Crippen LogP contribution < -0.4 is 26.4 Å². The number of hydrogen-bond acceptors (Lipinski definition) is 3. The Bertz CT molecular complexity index is 1010. The highest BCUT2D eigenvalue weighted by atomic mass is 32.1. The SMILES string of the molecule is NC(=S)Nc1cccc(OCCCCCCCCNC(=S)Nc2cc(C(F)(F)F)cc(C(F)(F)F)c2)c1. The number of thiocarbonyl (C=S) groups is 2. The van der Waals surface area contributed by atoms with Gasteiger partial charge in [-0.1, -0.05) is 31.7 Å². The fraction of sp³-hybridized carbons (Fsp3) is 0.417. The number of alkyl halides is 6. The van der Waals surface area contributed by atoms with Gasteiger partial charge in [0.2, 0.25) is 0 Å². The van der Waals surface area contributed by atoms with Crippen molar-refractivity contribution in [3.8, 4) is 5.75 Å². The molecule has 0 aliphatic rings. The van der Waals surface area contributed by atoms with Gasteiger partial charge in [0.05, 0.1) is 17.7 Å². The summed E-state index contributed by atoms with van der Waals surface area (Å²) < 4.78 is 83.5. The molecular formula is C24H28F6N4OS2. The van der Waals surface area contributed by atoms with E-state index in [1.54, 1.807) is 0 Å². The van der Waals surface area contributed by atoms with Crippen molar-refractivity contribution in [1.82, 2.24) is 5.32 Å². The number of rotatable bonds is 12. The quantitative estimate of drug-likeness (QED) is 0.124. The fourth-order valence-electron chi connectivity index (χ4n) is 3.33. The summed E-state index contributed by atoms with van der Waals surface area (Å²) in [6.07, 6.45) is -4.35. The number of halogens is 6. The lowest BCUT2D eigenvalue weighted by Crippen LogP contribution is -2.29. The van der Waals surface area contributed by atoms with E-state index in [0.29, 0.717) is 25.3 Å². The van der Waals surface area contributed by atoms with Crippen LogP contribution in [0.25, 0.3) is 0 Å². The van der Waals surface area contributed by atoms with Gasteiger partial charge in [0.1, 0.15) is 5.75 Å². The highest BCUT2D eigenvalue weighted by Crippen LogP contribution is 2.37. The summed E-state index contributed by atoms with van der Waals surface area (Å²) >= 11 is 9.82. The second kappa shape index (κ2) is 14.2. The maximum atomic E-state index is 13.0. The molecule has 2 aromatic carbocycles. The Hall–Kier alpha value is -2.80. The van der Waals surface area contributed by atoms with Gasteiger partial charge in [-0.2, -0.15) is 26.3 Å². The number of nitrogens with two attached hydrogens (primary N) is 1. The van der Waals surface area contributed by atoms with Crippen molar-refractivity contribution >= 4 is 46.0 Å². The summed E-state index contributed by atoms with van der Waals surface area (Å²) in [5.41, 5.74) is 3.02. The van der Waals surface area contributed by atoms with Crippen molar-refractivity contribution < 1.29 is 31.1 Å². The molecule has 0 heterocycles. The number of unbranched alkanes of at least 4 members (excludes halogenated alkanes) is 5. The van der Waals surface area contributed by atoms with E-state index in [0.717, 1.165) is 50.0 Å². The highest BCUT2D eigenvalue weighted by molar-refractivity contribution is 7.80. The van der Waals surface area contributed by atoms with Gasteiger partial charge in [0.15, 0.2) is 10.2 Å². The van der Waals surface area contributed by atoms with Gasteiger partial charge in [-0.25, -0.2) is 0 Å². The molecule has 0 amide bonds. The van der Waals surface area contributed by atoms with Crippen LogP contribution in [0, 0.1) is 0 Å². The van der Waals surface area contributed by atoms with Crippen molar-refractivity contribution in [3.63, 3.8) is 0 Å². The molecule has 2 rings (SSSR count). The summed E-state index contributed by atoms with van der Waals surface area (Å²) in [6, 6.07) is 8.59. The molecule has 204 valence electrons. The molecular weight excluding hydrogens is 538 g/mol. The summed E-state index contributed by atoms with van der Waals surface area (Å²) in [5.74, 6) is 0.719. The van der Waals surface area contributed by atoms with Crippen LogP contribution in [-0.2, 0) is 12.4 Å². The van der Waals surface area contributed by atoms with E-state index in [1.807, 2.05) is 24.3 Å². The Morgan fingerprint density at radius 2 is 1.35 bits per heavy atom. The van der Waals surface area contributed by atoms with Crippen molar-refractivity contribution in [2.75, 3.05) is 23.8 Å². The molecule has 0 atom stereocenters. The molecule has 0 aliphatic carbocycles. The minimum absolute atomic E-state index is 0.0443. The van der Waals surface area contributed by atoms with Crippen LogP contribution in [0.4, 0.5) is 37.7 Å². The maximum Gasteiger partial charge on any atom is 0.416 e. The van der Waals surface area contributed by atoms with E-state index in [-0.39, 0.29) is 22.0 Å². The third-order valence-corrected chi connectivity index (χ3v) is 5.42. The van der Waals surface area contributed by atoms with E-state index in [4.69, 9.17) is 34.9 Å². The van der Waals surface area contributed by atoms with Crippen molar-refractivity contribution in [3.05, 3.63) is 53.6 Å². The van der Waals surface area contributed by atoms with Gasteiger partial charge in [-0.3, -0.25) is 0 Å². The van der Waals surface area contributed by atoms with E-state index in [2.05, 4.69) is 16.0 Å². The number of ether oxygens (including phenoxy) is 1. The molecule has 0 saturated heterocycles. The first-order chi connectivity index (χ1) is 17.3. The van der Waals surface area contributed by atoms with E-state index in [1.165, 1.54) is 0 Å². The molecule has 0 radical (unpaired) electrons. The van der Waals surface area contributed by atoms with Crippen LogP contribution in [0.3, 0.4) is 0 Å². The van der Waals surface area contributed by atoms with E-state index >= 15 is 0 Å². The summed E-state index contributed by atoms with van der Waals surface area (Å²) in [6.45, 7) is 1.01. The molecule has 0 spiro atoms. The van der Waals surface area contributed by atoms with Crippen LogP contribution in [0.2, 0.25) is 0 Å². The number of nitrogens with one attached hydrogen (secondary N) is 3. The first-order valence-corrected chi connectivity index (χ1v) is 12.3. The average Bonchev–Trinajstić information content (AvgIpc) is 2.78. The summed E-state index contributed by atoms with van der Waals surface area (Å²) in [5, 5.41) is 8.20. The van der Waals surface area contributed by atoms with Crippen LogP contribution in [0.5, 0.6) is 5.75 Å². The van der Waals surface area contributed by atoms with Gasteiger partial charge in [-0.05, 0) is 67.6 Å². The zero-order valence-corrected chi connectivity index (χ0v) is 21.4. The van der Waals surface area contributed by atoms with Crippen LogP contribution in [0.15, 0.2) is 42.5 Å². The van der Waals surface area contributed by atoms with Crippen LogP contribution in [0.1, 0.15) is 49.7 Å². The molecule has 0 aliphatic heterocycles. The van der Waals surface area contributed by atoms with Gasteiger partial charge in [-0.15, -0.1) is 0 Å². The number of hydrogen-bond donors (Lipinski definition) is 4.